The zero-order chi connectivity index (χ0) is 19.7. The van der Waals surface area contributed by atoms with Crippen molar-refractivity contribution in [2.24, 2.45) is 0 Å². The number of halogens is 1. The second-order valence-corrected chi connectivity index (χ2v) is 6.99. The molecular weight excluding hydrogens is 386 g/mol. The number of carbonyl (C=O) groups is 1. The Bertz CT molecular complexity index is 943. The highest BCUT2D eigenvalue weighted by atomic mass is 35.5. The molecule has 0 bridgehead atoms. The van der Waals surface area contributed by atoms with Gasteiger partial charge in [-0.2, -0.15) is 0 Å². The Kier molecular flexibility index (Phi) is 4.95. The van der Waals surface area contributed by atoms with Crippen molar-refractivity contribution in [1.29, 1.82) is 0 Å². The van der Waals surface area contributed by atoms with Crippen molar-refractivity contribution in [3.8, 4) is 11.5 Å². The molecule has 1 N–H and O–H groups in total. The molecule has 0 saturated carbocycles. The van der Waals surface area contributed by atoms with E-state index >= 15 is 0 Å². The Morgan fingerprint density at radius 1 is 1.11 bits per heavy atom. The molecule has 0 atom stereocenters. The minimum absolute atomic E-state index is 0.0807. The predicted molar refractivity (Wildman–Crippen MR) is 105 cm³/mol. The molecule has 2 aliphatic rings. The molecule has 1 saturated heterocycles. The van der Waals surface area contributed by atoms with Crippen LogP contribution >= 0.6 is 11.6 Å². The smallest absolute Gasteiger partial charge is 0.293 e. The number of anilines is 2. The highest BCUT2D eigenvalue weighted by molar-refractivity contribution is 6.34. The standard InChI is InChI=1S/C19H18ClN3O5/c20-13-10-17-18(28-8-7-27-17)11-14(13)21-19(24)12-3-4-15(16(9-12)23(25)26)22-5-1-2-6-22/h3-4,9-11H,1-2,5-8H2,(H,21,24). The number of rotatable bonds is 4. The average molecular weight is 404 g/mol. The van der Waals surface area contributed by atoms with Gasteiger partial charge < -0.3 is 19.7 Å². The van der Waals surface area contributed by atoms with E-state index in [1.807, 2.05) is 4.90 Å². The quantitative estimate of drug-likeness (QED) is 0.615. The second kappa shape index (κ2) is 7.55. The third kappa shape index (κ3) is 3.55. The van der Waals surface area contributed by atoms with Crippen LogP contribution in [-0.2, 0) is 0 Å². The van der Waals surface area contributed by atoms with E-state index in [0.717, 1.165) is 25.9 Å². The van der Waals surface area contributed by atoms with Gasteiger partial charge >= 0.3 is 0 Å². The summed E-state index contributed by atoms with van der Waals surface area (Å²) in [5.74, 6) is 0.510. The molecule has 0 aromatic heterocycles. The number of nitro groups is 1. The van der Waals surface area contributed by atoms with E-state index in [4.69, 9.17) is 21.1 Å². The Hall–Kier alpha value is -3.00. The number of fused-ring (bicyclic) bond motifs is 1. The van der Waals surface area contributed by atoms with Crippen molar-refractivity contribution in [2.75, 3.05) is 36.5 Å². The number of hydrogen-bond donors (Lipinski definition) is 1. The van der Waals surface area contributed by atoms with E-state index in [9.17, 15) is 14.9 Å². The van der Waals surface area contributed by atoms with Gasteiger partial charge in [0.05, 0.1) is 15.6 Å². The van der Waals surface area contributed by atoms with Crippen LogP contribution in [0.3, 0.4) is 0 Å². The Balaban J connectivity index is 1.60. The number of nitro benzene ring substituents is 1. The Morgan fingerprint density at radius 3 is 2.46 bits per heavy atom. The zero-order valence-corrected chi connectivity index (χ0v) is 15.7. The van der Waals surface area contributed by atoms with E-state index in [-0.39, 0.29) is 11.3 Å². The van der Waals surface area contributed by atoms with Crippen LogP contribution in [0.1, 0.15) is 23.2 Å². The summed E-state index contributed by atoms with van der Waals surface area (Å²) in [5, 5.41) is 14.5. The molecule has 0 aliphatic carbocycles. The molecule has 8 nitrogen and oxygen atoms in total. The van der Waals surface area contributed by atoms with Crippen LogP contribution in [0.25, 0.3) is 0 Å². The maximum absolute atomic E-state index is 12.7. The molecule has 1 amide bonds. The van der Waals surface area contributed by atoms with Gasteiger partial charge in [0.25, 0.3) is 11.6 Å². The molecule has 0 spiro atoms. The molecule has 146 valence electrons. The van der Waals surface area contributed by atoms with Gasteiger partial charge in [0.15, 0.2) is 11.5 Å². The molecule has 9 heteroatoms. The first-order chi connectivity index (χ1) is 13.5. The minimum Gasteiger partial charge on any atom is -0.486 e. The van der Waals surface area contributed by atoms with Gasteiger partial charge in [-0.15, -0.1) is 0 Å². The number of ether oxygens (including phenoxy) is 2. The second-order valence-electron chi connectivity index (χ2n) is 6.58. The maximum atomic E-state index is 12.7. The highest BCUT2D eigenvalue weighted by Crippen LogP contribution is 2.38. The minimum atomic E-state index is -0.491. The van der Waals surface area contributed by atoms with Crippen molar-refractivity contribution in [3.63, 3.8) is 0 Å². The van der Waals surface area contributed by atoms with Crippen LogP contribution in [0.4, 0.5) is 17.1 Å². The van der Waals surface area contributed by atoms with Gasteiger partial charge in [-0.3, -0.25) is 14.9 Å². The average Bonchev–Trinajstić information content (AvgIpc) is 3.22. The van der Waals surface area contributed by atoms with E-state index < -0.39 is 10.8 Å². The maximum Gasteiger partial charge on any atom is 0.293 e. The zero-order valence-electron chi connectivity index (χ0n) is 14.9. The van der Waals surface area contributed by atoms with Gasteiger partial charge in [0.2, 0.25) is 0 Å². The Morgan fingerprint density at radius 2 is 1.79 bits per heavy atom. The lowest BCUT2D eigenvalue weighted by molar-refractivity contribution is -0.384. The van der Waals surface area contributed by atoms with Gasteiger partial charge in [-0.1, -0.05) is 11.6 Å². The van der Waals surface area contributed by atoms with Crippen molar-refractivity contribution < 1.29 is 19.2 Å². The first kappa shape index (κ1) is 18.4. The van der Waals surface area contributed by atoms with Gasteiger partial charge in [-0.05, 0) is 25.0 Å². The van der Waals surface area contributed by atoms with Gasteiger partial charge in [0.1, 0.15) is 18.9 Å². The highest BCUT2D eigenvalue weighted by Gasteiger charge is 2.24. The fourth-order valence-corrected chi connectivity index (χ4v) is 3.59. The largest absolute Gasteiger partial charge is 0.486 e. The number of carbonyl (C=O) groups excluding carboxylic acids is 1. The fourth-order valence-electron chi connectivity index (χ4n) is 3.39. The summed E-state index contributed by atoms with van der Waals surface area (Å²) in [6, 6.07) is 7.67. The molecule has 4 rings (SSSR count). The normalized spacial score (nSPS) is 15.4. The number of hydrogen-bond acceptors (Lipinski definition) is 6. The van der Waals surface area contributed by atoms with E-state index in [0.29, 0.717) is 41.1 Å². The van der Waals surface area contributed by atoms with Gasteiger partial charge in [-0.25, -0.2) is 0 Å². The van der Waals surface area contributed by atoms with E-state index in [2.05, 4.69) is 5.32 Å². The summed E-state index contributed by atoms with van der Waals surface area (Å²) >= 11 is 6.22. The third-order valence-electron chi connectivity index (χ3n) is 4.76. The van der Waals surface area contributed by atoms with Crippen LogP contribution in [0, 0.1) is 10.1 Å². The van der Waals surface area contributed by atoms with Crippen molar-refractivity contribution >= 4 is 34.6 Å². The van der Waals surface area contributed by atoms with Crippen molar-refractivity contribution in [3.05, 3.63) is 51.0 Å². The fraction of sp³-hybridized carbons (Fsp3) is 0.316. The Labute approximate surface area is 166 Å². The summed E-state index contributed by atoms with van der Waals surface area (Å²) < 4.78 is 11.0. The van der Waals surface area contributed by atoms with Crippen LogP contribution in [0.2, 0.25) is 5.02 Å². The summed E-state index contributed by atoms with van der Waals surface area (Å²) in [7, 11) is 0. The summed E-state index contributed by atoms with van der Waals surface area (Å²) in [5.41, 5.74) is 0.988. The summed E-state index contributed by atoms with van der Waals surface area (Å²) in [6.07, 6.45) is 2.00. The van der Waals surface area contributed by atoms with Crippen LogP contribution in [0.5, 0.6) is 11.5 Å². The first-order valence-corrected chi connectivity index (χ1v) is 9.34. The van der Waals surface area contributed by atoms with Crippen LogP contribution < -0.4 is 19.7 Å². The SMILES string of the molecule is O=C(Nc1cc2c(cc1Cl)OCCO2)c1ccc(N2CCCC2)c([N+](=O)[O-])c1. The number of nitrogens with one attached hydrogen (secondary N) is 1. The molecule has 28 heavy (non-hydrogen) atoms. The molecule has 1 fully saturated rings. The molecule has 2 aliphatic heterocycles. The van der Waals surface area contributed by atoms with E-state index in [1.54, 1.807) is 24.3 Å². The predicted octanol–water partition coefficient (Wildman–Crippen LogP) is 3.87. The molecule has 0 unspecified atom stereocenters. The summed E-state index contributed by atoms with van der Waals surface area (Å²) in [6.45, 7) is 2.40. The number of amides is 1. The lowest BCUT2D eigenvalue weighted by atomic mass is 10.1. The van der Waals surface area contributed by atoms with Crippen LogP contribution in [-0.4, -0.2) is 37.1 Å². The molecule has 2 aromatic carbocycles. The number of benzene rings is 2. The molecule has 2 aromatic rings. The monoisotopic (exact) mass is 403 g/mol. The lowest BCUT2D eigenvalue weighted by Gasteiger charge is -2.20. The number of nitrogens with zero attached hydrogens (tertiary/aromatic N) is 2. The molecule has 0 radical (unpaired) electrons. The summed E-state index contributed by atoms with van der Waals surface area (Å²) in [4.78, 5) is 25.7. The lowest BCUT2D eigenvalue weighted by Crippen LogP contribution is -2.20. The first-order valence-electron chi connectivity index (χ1n) is 8.97. The van der Waals surface area contributed by atoms with E-state index in [1.165, 1.54) is 6.07 Å². The van der Waals surface area contributed by atoms with Crippen molar-refractivity contribution in [1.82, 2.24) is 0 Å². The molecule has 2 heterocycles. The third-order valence-corrected chi connectivity index (χ3v) is 5.07. The van der Waals surface area contributed by atoms with Crippen LogP contribution in [0.15, 0.2) is 30.3 Å². The molecular formula is C19H18ClN3O5. The van der Waals surface area contributed by atoms with Crippen molar-refractivity contribution in [2.45, 2.75) is 12.8 Å². The van der Waals surface area contributed by atoms with Gasteiger partial charge in [0, 0.05) is 36.9 Å². The topological polar surface area (TPSA) is 93.9 Å².